The van der Waals surface area contributed by atoms with E-state index in [2.05, 4.69) is 30.3 Å². The van der Waals surface area contributed by atoms with E-state index in [9.17, 15) is 22.2 Å². The molecule has 0 fully saturated rings. The van der Waals surface area contributed by atoms with Crippen LogP contribution in [-0.4, -0.2) is 48.9 Å². The lowest BCUT2D eigenvalue weighted by Crippen LogP contribution is -2.61. The Balaban J connectivity index is 2.26. The van der Waals surface area contributed by atoms with E-state index in [0.29, 0.717) is 0 Å². The van der Waals surface area contributed by atoms with Crippen molar-refractivity contribution in [3.8, 4) is 0 Å². The lowest BCUT2D eigenvalue weighted by atomic mass is 9.87. The Morgan fingerprint density at radius 1 is 1.28 bits per heavy atom. The largest absolute Gasteiger partial charge is 0.460 e. The highest BCUT2D eigenvalue weighted by Crippen LogP contribution is 2.50. The van der Waals surface area contributed by atoms with Gasteiger partial charge >= 0.3 is 5.97 Å². The number of esters is 1. The zero-order chi connectivity index (χ0) is 24.3. The Bertz CT molecular complexity index is 1110. The van der Waals surface area contributed by atoms with Crippen LogP contribution in [-0.2, 0) is 24.8 Å². The Kier molecular flexibility index (Phi) is 6.12. The third-order valence-electron chi connectivity index (χ3n) is 5.80. The summed E-state index contributed by atoms with van der Waals surface area (Å²) in [5, 5.41) is -1.31. The fourth-order valence-corrected chi connectivity index (χ4v) is 7.77. The highest BCUT2D eigenvalue weighted by atomic mass is 79.9. The van der Waals surface area contributed by atoms with Crippen LogP contribution in [0.1, 0.15) is 60.1 Å². The van der Waals surface area contributed by atoms with Gasteiger partial charge in [-0.2, -0.15) is 0 Å². The summed E-state index contributed by atoms with van der Waals surface area (Å²) in [6.45, 7) is 8.79. The molecule has 0 aliphatic carbocycles. The number of aliphatic imine (C=N–C) groups is 1. The van der Waals surface area contributed by atoms with Crippen LogP contribution < -0.4 is 0 Å². The molecule has 32 heavy (non-hydrogen) atoms. The molecule has 0 radical (unpaired) electrons. The maximum Gasteiger partial charge on any atom is 0.312 e. The van der Waals surface area contributed by atoms with E-state index >= 15 is 0 Å². The van der Waals surface area contributed by atoms with Crippen LogP contribution in [0.4, 0.5) is 13.2 Å². The number of hydrogen-bond acceptors (Lipinski definition) is 6. The van der Waals surface area contributed by atoms with E-state index in [0.717, 1.165) is 6.07 Å². The van der Waals surface area contributed by atoms with Gasteiger partial charge in [-0.05, 0) is 69.6 Å². The second-order valence-corrected chi connectivity index (χ2v) is 13.6. The molecule has 6 nitrogen and oxygen atoms in total. The predicted molar refractivity (Wildman–Crippen MR) is 120 cm³/mol. The predicted octanol–water partition coefficient (Wildman–Crippen LogP) is 5.04. The first-order chi connectivity index (χ1) is 14.4. The number of pyridine rings is 1. The molecule has 2 aliphatic rings. The van der Waals surface area contributed by atoms with Crippen molar-refractivity contribution in [3.05, 3.63) is 28.2 Å². The maximum atomic E-state index is 14.9. The Labute approximate surface area is 194 Å². The zero-order valence-corrected chi connectivity index (χ0v) is 21.2. The van der Waals surface area contributed by atoms with Crippen LogP contribution in [0, 0.1) is 5.82 Å². The molecule has 3 atom stereocenters. The van der Waals surface area contributed by atoms with E-state index in [1.54, 1.807) is 34.6 Å². The quantitative estimate of drug-likeness (QED) is 0.399. The topological polar surface area (TPSA) is 81.0 Å². The van der Waals surface area contributed by atoms with Gasteiger partial charge in [0.05, 0.1) is 26.1 Å². The molecule has 0 amide bonds. The first-order valence-corrected chi connectivity index (χ1v) is 12.5. The molecular weight excluding hydrogens is 511 g/mol. The van der Waals surface area contributed by atoms with Crippen molar-refractivity contribution < 1.29 is 26.9 Å². The van der Waals surface area contributed by atoms with Gasteiger partial charge in [0.2, 0.25) is 0 Å². The summed E-state index contributed by atoms with van der Waals surface area (Å²) < 4.78 is 66.5. The summed E-state index contributed by atoms with van der Waals surface area (Å²) in [7, 11) is -3.42. The fraction of sp³-hybridized carbons (Fsp3) is 0.667. The van der Waals surface area contributed by atoms with Crippen LogP contribution in [0.5, 0.6) is 0 Å². The van der Waals surface area contributed by atoms with E-state index in [-0.39, 0.29) is 22.4 Å². The molecule has 0 aromatic carbocycles. The molecule has 1 aromatic heterocycles. The minimum Gasteiger partial charge on any atom is -0.460 e. The molecule has 0 N–H and O–H groups in total. The zero-order valence-electron chi connectivity index (χ0n) is 18.8. The monoisotopic (exact) mass is 537 g/mol. The van der Waals surface area contributed by atoms with E-state index in [4.69, 9.17) is 4.74 Å². The molecule has 11 heteroatoms. The molecule has 0 unspecified atom stereocenters. The standard InChI is InChI=1S/C21H27BrF3N3O3S/c1-18(2,3)31-16(29)9-13-19(4,5)32(30)14(10-21(24,25)11-26-32)20(6,28-13)17-12(23)7-8-15(22)27-17/h7-8,14H,9-11H2,1-6H3/t14-,20+,32-/m1/s1. The number of aromatic nitrogens is 1. The van der Waals surface area contributed by atoms with E-state index < -0.39 is 61.5 Å². The third-order valence-corrected chi connectivity index (χ3v) is 9.85. The average molecular weight is 538 g/mol. The van der Waals surface area contributed by atoms with Gasteiger partial charge in [-0.25, -0.2) is 26.7 Å². The normalized spacial score (nSPS) is 31.2. The Hall–Kier alpha value is -1.49. The summed E-state index contributed by atoms with van der Waals surface area (Å²) in [4.78, 5) is 21.4. The molecular formula is C21H27BrF3N3O3S. The van der Waals surface area contributed by atoms with E-state index in [1.165, 1.54) is 13.0 Å². The Morgan fingerprint density at radius 2 is 1.91 bits per heavy atom. The van der Waals surface area contributed by atoms with Gasteiger partial charge in [0.25, 0.3) is 5.92 Å². The number of nitrogens with zero attached hydrogens (tertiary/aromatic N) is 3. The van der Waals surface area contributed by atoms with Crippen molar-refractivity contribution in [2.75, 3.05) is 6.54 Å². The van der Waals surface area contributed by atoms with Crippen molar-refractivity contribution in [1.82, 2.24) is 4.98 Å². The van der Waals surface area contributed by atoms with Gasteiger partial charge in [0.1, 0.15) is 33.8 Å². The van der Waals surface area contributed by atoms with Crippen LogP contribution in [0.2, 0.25) is 0 Å². The highest BCUT2D eigenvalue weighted by Gasteiger charge is 2.61. The molecule has 178 valence electrons. The molecule has 0 saturated heterocycles. The molecule has 0 saturated carbocycles. The molecule has 3 heterocycles. The number of fused-ring (bicyclic) bond motifs is 1. The fourth-order valence-electron chi connectivity index (χ4n) is 4.16. The number of carbonyl (C=O) groups excluding carboxylic acids is 1. The van der Waals surface area contributed by atoms with Gasteiger partial charge in [-0.1, -0.05) is 0 Å². The lowest BCUT2D eigenvalue weighted by Gasteiger charge is -2.49. The summed E-state index contributed by atoms with van der Waals surface area (Å²) in [6.07, 6.45) is -1.11. The third kappa shape index (κ3) is 4.34. The van der Waals surface area contributed by atoms with Crippen LogP contribution >= 0.6 is 15.9 Å². The smallest absolute Gasteiger partial charge is 0.312 e. The number of rotatable bonds is 3. The molecule has 3 rings (SSSR count). The van der Waals surface area contributed by atoms with Gasteiger partial charge < -0.3 is 4.74 Å². The van der Waals surface area contributed by atoms with Crippen molar-refractivity contribution >= 4 is 37.3 Å². The van der Waals surface area contributed by atoms with Gasteiger partial charge in [0.15, 0.2) is 0 Å². The van der Waals surface area contributed by atoms with Crippen LogP contribution in [0.15, 0.2) is 26.1 Å². The molecule has 2 aliphatic heterocycles. The maximum absolute atomic E-state index is 14.9. The average Bonchev–Trinajstić information content (AvgIpc) is 2.62. The van der Waals surface area contributed by atoms with Crippen molar-refractivity contribution in [2.45, 2.75) is 81.4 Å². The number of carbonyl (C=O) groups is 1. The van der Waals surface area contributed by atoms with Gasteiger partial charge in [-0.15, -0.1) is 0 Å². The SMILES string of the molecule is CC(C)(C)OC(=O)CC1=N[C@](C)(c2nc(Br)ccc2F)[C@H]2CC(F)(F)CN=[S@]2(=O)C1(C)C. The summed E-state index contributed by atoms with van der Waals surface area (Å²) in [6, 6.07) is 2.51. The molecule has 1 aromatic rings. The second-order valence-electron chi connectivity index (χ2n) is 9.85. The second kappa shape index (κ2) is 7.78. The number of ether oxygens (including phenoxy) is 1. The van der Waals surface area contributed by atoms with Crippen LogP contribution in [0.3, 0.4) is 0 Å². The summed E-state index contributed by atoms with van der Waals surface area (Å²) in [5.74, 6) is -4.60. The first kappa shape index (κ1) is 25.1. The molecule has 0 spiro atoms. The minimum atomic E-state index is -3.42. The first-order valence-electron chi connectivity index (χ1n) is 10.1. The van der Waals surface area contributed by atoms with Gasteiger partial charge in [-0.3, -0.25) is 9.79 Å². The Morgan fingerprint density at radius 3 is 2.50 bits per heavy atom. The van der Waals surface area contributed by atoms with Gasteiger partial charge in [0, 0.05) is 12.1 Å². The number of halogens is 4. The summed E-state index contributed by atoms with van der Waals surface area (Å²) in [5.41, 5.74) is -2.56. The van der Waals surface area contributed by atoms with Crippen molar-refractivity contribution in [1.29, 1.82) is 0 Å². The van der Waals surface area contributed by atoms with Crippen LogP contribution in [0.25, 0.3) is 0 Å². The van der Waals surface area contributed by atoms with Crippen molar-refractivity contribution in [2.24, 2.45) is 9.36 Å². The van der Waals surface area contributed by atoms with E-state index in [1.807, 2.05) is 0 Å². The summed E-state index contributed by atoms with van der Waals surface area (Å²) >= 11 is 3.18. The number of alkyl halides is 2. The van der Waals surface area contributed by atoms with Crippen molar-refractivity contribution in [3.63, 3.8) is 0 Å². The molecule has 0 bridgehead atoms. The highest BCUT2D eigenvalue weighted by molar-refractivity contribution is 9.10. The number of hydrogen-bond donors (Lipinski definition) is 0. The minimum absolute atomic E-state index is 0.158. The lowest BCUT2D eigenvalue weighted by molar-refractivity contribution is -0.153.